The first kappa shape index (κ1) is 13.9. The molecule has 0 bridgehead atoms. The van der Waals surface area contributed by atoms with Crippen molar-refractivity contribution in [2.24, 2.45) is 5.92 Å². The van der Waals surface area contributed by atoms with E-state index >= 15 is 0 Å². The summed E-state index contributed by atoms with van der Waals surface area (Å²) >= 11 is 0. The molecule has 0 aromatic carbocycles. The summed E-state index contributed by atoms with van der Waals surface area (Å²) in [5, 5.41) is 0. The minimum absolute atomic E-state index is 0.106. The highest BCUT2D eigenvalue weighted by atomic mass is 31.2. The van der Waals surface area contributed by atoms with Gasteiger partial charge < -0.3 is 13.9 Å². The summed E-state index contributed by atoms with van der Waals surface area (Å²) in [5.74, 6) is 0.490. The summed E-state index contributed by atoms with van der Waals surface area (Å²) in [6, 6.07) is 0. The Labute approximate surface area is 98.1 Å². The van der Waals surface area contributed by atoms with Crippen LogP contribution >= 0.6 is 7.60 Å². The van der Waals surface area contributed by atoms with E-state index in [2.05, 4.69) is 11.5 Å². The van der Waals surface area contributed by atoms with Crippen molar-refractivity contribution in [1.82, 2.24) is 4.90 Å². The van der Waals surface area contributed by atoms with E-state index in [1.165, 1.54) is 14.2 Å². The number of nitrogens with zero attached hydrogens (tertiary/aromatic N) is 1. The Kier molecular flexibility index (Phi) is 4.35. The van der Waals surface area contributed by atoms with E-state index < -0.39 is 7.60 Å². The molecule has 0 aromatic rings. The van der Waals surface area contributed by atoms with Gasteiger partial charge in [-0.25, -0.2) is 0 Å². The van der Waals surface area contributed by atoms with E-state index in [0.29, 0.717) is 12.1 Å². The van der Waals surface area contributed by atoms with Gasteiger partial charge in [0.1, 0.15) is 0 Å². The maximum atomic E-state index is 12.0. The van der Waals surface area contributed by atoms with Gasteiger partial charge in [0.2, 0.25) is 0 Å². The predicted octanol–water partition coefficient (Wildman–Crippen LogP) is 2.37. The van der Waals surface area contributed by atoms with Gasteiger partial charge >= 0.3 is 7.60 Å². The molecule has 0 amide bonds. The fourth-order valence-electron chi connectivity index (χ4n) is 2.24. The fraction of sp³-hybridized carbons (Fsp3) is 0.818. The summed E-state index contributed by atoms with van der Waals surface area (Å²) in [6.07, 6.45) is 4.33. The quantitative estimate of drug-likeness (QED) is 0.511. The smallest absolute Gasteiger partial charge is 0.312 e. The molecule has 16 heavy (non-hydrogen) atoms. The van der Waals surface area contributed by atoms with Crippen LogP contribution in [-0.4, -0.2) is 44.9 Å². The zero-order chi connectivity index (χ0) is 12.4. The standard InChI is InChI=1S/C11H22NO3P/c1-6-10-9-11(10,12(2)3)7-8-16(13,14-4)15-5/h6,10H,1,7-9H2,2-5H3/t10-,11+/m0/s1. The normalized spacial score (nSPS) is 29.4. The van der Waals surface area contributed by atoms with Crippen LogP contribution in [0.4, 0.5) is 0 Å². The van der Waals surface area contributed by atoms with E-state index in [4.69, 9.17) is 9.05 Å². The van der Waals surface area contributed by atoms with Gasteiger partial charge in [0, 0.05) is 19.8 Å². The second-order valence-corrected chi connectivity index (χ2v) is 6.89. The lowest BCUT2D eigenvalue weighted by Crippen LogP contribution is -2.33. The predicted molar refractivity (Wildman–Crippen MR) is 65.8 cm³/mol. The minimum Gasteiger partial charge on any atom is -0.312 e. The minimum atomic E-state index is -2.88. The van der Waals surface area contributed by atoms with Crippen molar-refractivity contribution in [3.05, 3.63) is 12.7 Å². The third kappa shape index (κ3) is 2.57. The van der Waals surface area contributed by atoms with E-state index in [1.807, 2.05) is 20.2 Å². The second-order valence-electron chi connectivity index (χ2n) is 4.49. The van der Waals surface area contributed by atoms with Gasteiger partial charge in [0.15, 0.2) is 0 Å². The van der Waals surface area contributed by atoms with Crippen LogP contribution in [0.3, 0.4) is 0 Å². The van der Waals surface area contributed by atoms with Crippen LogP contribution in [-0.2, 0) is 13.6 Å². The Hall–Kier alpha value is -0.150. The monoisotopic (exact) mass is 247 g/mol. The van der Waals surface area contributed by atoms with Crippen molar-refractivity contribution < 1.29 is 13.6 Å². The fourth-order valence-corrected chi connectivity index (χ4v) is 3.41. The first-order valence-electron chi connectivity index (χ1n) is 5.44. The lowest BCUT2D eigenvalue weighted by Gasteiger charge is -2.26. The molecule has 4 nitrogen and oxygen atoms in total. The molecule has 1 aliphatic rings. The Bertz CT molecular complexity index is 298. The molecule has 0 aliphatic heterocycles. The van der Waals surface area contributed by atoms with Crippen molar-refractivity contribution in [2.45, 2.75) is 18.4 Å². The van der Waals surface area contributed by atoms with Gasteiger partial charge in [0.25, 0.3) is 0 Å². The Balaban J connectivity index is 2.60. The molecule has 2 atom stereocenters. The van der Waals surface area contributed by atoms with Gasteiger partial charge in [-0.2, -0.15) is 0 Å². The van der Waals surface area contributed by atoms with Gasteiger partial charge in [-0.1, -0.05) is 6.08 Å². The third-order valence-electron chi connectivity index (χ3n) is 3.65. The summed E-state index contributed by atoms with van der Waals surface area (Å²) in [6.45, 7) is 3.83. The van der Waals surface area contributed by atoms with Crippen LogP contribution in [0.15, 0.2) is 12.7 Å². The Morgan fingerprint density at radius 3 is 2.38 bits per heavy atom. The molecule has 0 aromatic heterocycles. The third-order valence-corrected chi connectivity index (χ3v) is 5.54. The molecule has 0 N–H and O–H groups in total. The Morgan fingerprint density at radius 2 is 2.06 bits per heavy atom. The molecule has 0 unspecified atom stereocenters. The average Bonchev–Trinajstić information content (AvgIpc) is 3.01. The van der Waals surface area contributed by atoms with Crippen molar-refractivity contribution in [3.63, 3.8) is 0 Å². The highest BCUT2D eigenvalue weighted by molar-refractivity contribution is 7.53. The van der Waals surface area contributed by atoms with E-state index in [1.54, 1.807) is 0 Å². The number of hydrogen-bond acceptors (Lipinski definition) is 4. The molecular weight excluding hydrogens is 225 g/mol. The highest BCUT2D eigenvalue weighted by Crippen LogP contribution is 2.55. The second kappa shape index (κ2) is 5.01. The molecule has 0 saturated heterocycles. The Morgan fingerprint density at radius 1 is 1.50 bits per heavy atom. The molecule has 0 heterocycles. The van der Waals surface area contributed by atoms with Crippen LogP contribution in [0.2, 0.25) is 0 Å². The highest BCUT2D eigenvalue weighted by Gasteiger charge is 2.54. The number of hydrogen-bond donors (Lipinski definition) is 0. The van der Waals surface area contributed by atoms with Crippen molar-refractivity contribution >= 4 is 7.60 Å². The summed E-state index contributed by atoms with van der Waals surface area (Å²) in [4.78, 5) is 2.19. The first-order valence-corrected chi connectivity index (χ1v) is 7.17. The van der Waals surface area contributed by atoms with E-state index in [9.17, 15) is 4.57 Å². The number of rotatable bonds is 7. The van der Waals surface area contributed by atoms with Gasteiger partial charge in [-0.3, -0.25) is 4.57 Å². The summed E-state index contributed by atoms with van der Waals surface area (Å²) in [7, 11) is 4.09. The largest absolute Gasteiger partial charge is 0.330 e. The van der Waals surface area contributed by atoms with Gasteiger partial charge in [0.05, 0.1) is 6.16 Å². The summed E-state index contributed by atoms with van der Waals surface area (Å²) in [5.41, 5.74) is 0.106. The molecule has 1 fully saturated rings. The zero-order valence-corrected chi connectivity index (χ0v) is 11.5. The lowest BCUT2D eigenvalue weighted by molar-refractivity contribution is 0.236. The maximum Gasteiger partial charge on any atom is 0.330 e. The SMILES string of the molecule is C=C[C@H]1C[C@@]1(CCP(=O)(OC)OC)N(C)C. The molecule has 0 radical (unpaired) electrons. The van der Waals surface area contributed by atoms with Crippen LogP contribution in [0.5, 0.6) is 0 Å². The van der Waals surface area contributed by atoms with Gasteiger partial charge in [-0.15, -0.1) is 6.58 Å². The molecule has 94 valence electrons. The molecule has 1 aliphatic carbocycles. The summed E-state index contributed by atoms with van der Waals surface area (Å²) < 4.78 is 21.8. The van der Waals surface area contributed by atoms with E-state index in [-0.39, 0.29) is 5.54 Å². The molecule has 5 heteroatoms. The van der Waals surface area contributed by atoms with Gasteiger partial charge in [-0.05, 0) is 32.9 Å². The first-order chi connectivity index (χ1) is 7.44. The van der Waals surface area contributed by atoms with Crippen LogP contribution in [0.1, 0.15) is 12.8 Å². The molecule has 1 saturated carbocycles. The van der Waals surface area contributed by atoms with Crippen molar-refractivity contribution in [2.75, 3.05) is 34.5 Å². The molecule has 0 spiro atoms. The maximum absolute atomic E-state index is 12.0. The van der Waals surface area contributed by atoms with Crippen LogP contribution in [0, 0.1) is 5.92 Å². The van der Waals surface area contributed by atoms with E-state index in [0.717, 1.165) is 12.8 Å². The topological polar surface area (TPSA) is 38.8 Å². The van der Waals surface area contributed by atoms with Crippen LogP contribution < -0.4 is 0 Å². The van der Waals surface area contributed by atoms with Crippen LogP contribution in [0.25, 0.3) is 0 Å². The average molecular weight is 247 g/mol. The zero-order valence-electron chi connectivity index (χ0n) is 10.6. The molecule has 1 rings (SSSR count). The van der Waals surface area contributed by atoms with Crippen molar-refractivity contribution in [1.29, 1.82) is 0 Å². The van der Waals surface area contributed by atoms with Crippen molar-refractivity contribution in [3.8, 4) is 0 Å². The lowest BCUT2D eigenvalue weighted by atomic mass is 10.1. The molecular formula is C11H22NO3P.